The average molecular weight is 426 g/mol. The number of carbonyl (C=O) groups is 2. The Labute approximate surface area is 170 Å². The van der Waals surface area contributed by atoms with Crippen LogP contribution in [0.25, 0.3) is 0 Å². The van der Waals surface area contributed by atoms with E-state index in [2.05, 4.69) is 5.32 Å². The lowest BCUT2D eigenvalue weighted by atomic mass is 9.91. The van der Waals surface area contributed by atoms with Crippen LogP contribution in [0.3, 0.4) is 0 Å². The number of rotatable bonds is 5. The highest BCUT2D eigenvalue weighted by atomic mass is 32.2. The lowest BCUT2D eigenvalue weighted by Gasteiger charge is -2.29. The molecule has 9 nitrogen and oxygen atoms in total. The molecule has 1 aliphatic carbocycles. The standard InChI is InChI=1S/C19H27N3O6S/c20-14-6-8-15(9-7-14)21-18(23)17-10-16(29(25,26)27)11-22(17)19(24)28-12-13-4-2-1-3-5-13/h1-5,14-17H,6-12,20H2,(H,21,23)(H,25,26,27)/t14?,15?,16-,17+/m1/s1. The fourth-order valence-electron chi connectivity index (χ4n) is 3.83. The van der Waals surface area contributed by atoms with Crippen molar-refractivity contribution in [3.05, 3.63) is 35.9 Å². The van der Waals surface area contributed by atoms with E-state index in [9.17, 15) is 22.6 Å². The minimum absolute atomic E-state index is 0.00156. The zero-order valence-corrected chi connectivity index (χ0v) is 16.9. The first kappa shape index (κ1) is 21.5. The van der Waals surface area contributed by atoms with Gasteiger partial charge < -0.3 is 15.8 Å². The fraction of sp³-hybridized carbons (Fsp3) is 0.579. The van der Waals surface area contributed by atoms with Crippen molar-refractivity contribution in [1.82, 2.24) is 10.2 Å². The van der Waals surface area contributed by atoms with Crippen molar-refractivity contribution in [3.63, 3.8) is 0 Å². The van der Waals surface area contributed by atoms with Gasteiger partial charge in [-0.1, -0.05) is 30.3 Å². The molecule has 1 aromatic carbocycles. The van der Waals surface area contributed by atoms with E-state index in [4.69, 9.17) is 10.5 Å². The number of amides is 2. The number of hydrogen-bond acceptors (Lipinski definition) is 6. The SMILES string of the molecule is NC1CCC(NC(=O)[C@@H]2C[C@@H](S(=O)(=O)O)CN2C(=O)OCc2ccccc2)CC1. The summed E-state index contributed by atoms with van der Waals surface area (Å²) in [5.74, 6) is -0.437. The van der Waals surface area contributed by atoms with E-state index in [-0.39, 0.29) is 31.7 Å². The molecule has 160 valence electrons. The summed E-state index contributed by atoms with van der Waals surface area (Å²) in [6.07, 6.45) is 2.11. The Morgan fingerprint density at radius 2 is 1.83 bits per heavy atom. The molecule has 2 fully saturated rings. The van der Waals surface area contributed by atoms with Crippen LogP contribution >= 0.6 is 0 Å². The number of carbonyl (C=O) groups excluding carboxylic acids is 2. The molecule has 0 bridgehead atoms. The van der Waals surface area contributed by atoms with E-state index in [0.29, 0.717) is 0 Å². The highest BCUT2D eigenvalue weighted by Crippen LogP contribution is 2.25. The molecule has 0 aromatic heterocycles. The van der Waals surface area contributed by atoms with Crippen molar-refractivity contribution in [1.29, 1.82) is 0 Å². The normalized spacial score (nSPS) is 27.4. The Hall–Kier alpha value is -2.17. The number of nitrogens with two attached hydrogens (primary N) is 1. The smallest absolute Gasteiger partial charge is 0.410 e. The molecule has 0 unspecified atom stereocenters. The van der Waals surface area contributed by atoms with Crippen molar-refractivity contribution >= 4 is 22.1 Å². The van der Waals surface area contributed by atoms with Gasteiger partial charge >= 0.3 is 6.09 Å². The second-order valence-corrected chi connectivity index (χ2v) is 9.40. The van der Waals surface area contributed by atoms with Crippen molar-refractivity contribution in [2.24, 2.45) is 5.73 Å². The molecule has 1 aliphatic heterocycles. The third-order valence-corrected chi connectivity index (χ3v) is 6.73. The predicted octanol–water partition coefficient (Wildman–Crippen LogP) is 1.04. The summed E-state index contributed by atoms with van der Waals surface area (Å²) in [7, 11) is -4.39. The van der Waals surface area contributed by atoms with E-state index >= 15 is 0 Å². The summed E-state index contributed by atoms with van der Waals surface area (Å²) in [4.78, 5) is 26.4. The molecule has 1 saturated carbocycles. The van der Waals surface area contributed by atoms with E-state index < -0.39 is 33.4 Å². The van der Waals surface area contributed by atoms with Gasteiger partial charge in [-0.05, 0) is 37.7 Å². The van der Waals surface area contributed by atoms with Gasteiger partial charge in [0.15, 0.2) is 0 Å². The monoisotopic (exact) mass is 425 g/mol. The first-order valence-electron chi connectivity index (χ1n) is 9.73. The summed E-state index contributed by atoms with van der Waals surface area (Å²) in [6.45, 7) is -0.290. The number of hydrogen-bond donors (Lipinski definition) is 3. The highest BCUT2D eigenvalue weighted by Gasteiger charge is 2.45. The highest BCUT2D eigenvalue weighted by molar-refractivity contribution is 7.86. The topological polar surface area (TPSA) is 139 Å². The Balaban J connectivity index is 1.66. The summed E-state index contributed by atoms with van der Waals surface area (Å²) in [5, 5.41) is 1.67. The number of ether oxygens (including phenoxy) is 1. The zero-order valence-electron chi connectivity index (χ0n) is 16.1. The van der Waals surface area contributed by atoms with Crippen molar-refractivity contribution < 1.29 is 27.3 Å². The summed E-state index contributed by atoms with van der Waals surface area (Å²) in [6, 6.07) is 8.07. The molecule has 2 atom stereocenters. The maximum absolute atomic E-state index is 12.8. The van der Waals surface area contributed by atoms with Crippen LogP contribution in [0, 0.1) is 0 Å². The predicted molar refractivity (Wildman–Crippen MR) is 105 cm³/mol. The molecule has 10 heteroatoms. The molecule has 1 aromatic rings. The molecule has 1 heterocycles. The van der Waals surface area contributed by atoms with Gasteiger partial charge in [0.1, 0.15) is 17.9 Å². The van der Waals surface area contributed by atoms with Gasteiger partial charge in [-0.3, -0.25) is 14.2 Å². The second kappa shape index (κ2) is 9.10. The van der Waals surface area contributed by atoms with Crippen molar-refractivity contribution in [2.75, 3.05) is 6.54 Å². The van der Waals surface area contributed by atoms with Crippen molar-refractivity contribution in [2.45, 2.75) is 62.1 Å². The van der Waals surface area contributed by atoms with E-state index in [0.717, 1.165) is 36.1 Å². The Bertz CT molecular complexity index is 824. The van der Waals surface area contributed by atoms with Crippen molar-refractivity contribution in [3.8, 4) is 0 Å². The fourth-order valence-corrected chi connectivity index (χ4v) is 4.60. The van der Waals surface area contributed by atoms with Crippen LogP contribution in [0.2, 0.25) is 0 Å². The number of likely N-dealkylation sites (tertiary alicyclic amines) is 1. The Morgan fingerprint density at radius 3 is 2.45 bits per heavy atom. The van der Waals surface area contributed by atoms with Gasteiger partial charge in [-0.25, -0.2) is 4.79 Å². The molecule has 1 saturated heterocycles. The van der Waals surface area contributed by atoms with Crippen LogP contribution in [0.15, 0.2) is 30.3 Å². The minimum Gasteiger partial charge on any atom is -0.445 e. The molecule has 3 rings (SSSR count). The number of nitrogens with one attached hydrogen (secondary N) is 1. The van der Waals surface area contributed by atoms with Gasteiger partial charge in [0.05, 0.1) is 0 Å². The van der Waals surface area contributed by atoms with Crippen LogP contribution in [-0.4, -0.2) is 59.8 Å². The van der Waals surface area contributed by atoms with Crippen LogP contribution in [-0.2, 0) is 26.3 Å². The Kier molecular flexibility index (Phi) is 6.76. The molecule has 2 aliphatic rings. The molecule has 2 amide bonds. The average Bonchev–Trinajstić information content (AvgIpc) is 3.15. The number of benzene rings is 1. The Morgan fingerprint density at radius 1 is 1.17 bits per heavy atom. The van der Waals surface area contributed by atoms with Gasteiger partial charge in [-0.15, -0.1) is 0 Å². The largest absolute Gasteiger partial charge is 0.445 e. The summed E-state index contributed by atoms with van der Waals surface area (Å²) in [5.41, 5.74) is 6.65. The molecule has 0 radical (unpaired) electrons. The van der Waals surface area contributed by atoms with Crippen LogP contribution in [0.4, 0.5) is 4.79 Å². The first-order valence-corrected chi connectivity index (χ1v) is 11.2. The van der Waals surface area contributed by atoms with Gasteiger partial charge in [0.25, 0.3) is 10.1 Å². The van der Waals surface area contributed by atoms with Gasteiger partial charge in [0.2, 0.25) is 5.91 Å². The van der Waals surface area contributed by atoms with E-state index in [1.54, 1.807) is 24.3 Å². The van der Waals surface area contributed by atoms with Crippen LogP contribution in [0.1, 0.15) is 37.7 Å². The molecular formula is C19H27N3O6S. The van der Waals surface area contributed by atoms with Gasteiger partial charge in [0, 0.05) is 18.6 Å². The molecule has 0 spiro atoms. The molecule has 4 N–H and O–H groups in total. The maximum Gasteiger partial charge on any atom is 0.410 e. The minimum atomic E-state index is -4.39. The lowest BCUT2D eigenvalue weighted by molar-refractivity contribution is -0.126. The quantitative estimate of drug-likeness (QED) is 0.599. The molecular weight excluding hydrogens is 398 g/mol. The summed E-state index contributed by atoms with van der Waals surface area (Å²) >= 11 is 0. The van der Waals surface area contributed by atoms with Gasteiger partial charge in [-0.2, -0.15) is 8.42 Å². The second-order valence-electron chi connectivity index (χ2n) is 7.70. The van der Waals surface area contributed by atoms with E-state index in [1.807, 2.05) is 6.07 Å². The third kappa shape index (κ3) is 5.68. The first-order chi connectivity index (χ1) is 13.7. The van der Waals surface area contributed by atoms with E-state index in [1.165, 1.54) is 0 Å². The number of nitrogens with zero attached hydrogens (tertiary/aromatic N) is 1. The third-order valence-electron chi connectivity index (χ3n) is 5.54. The lowest BCUT2D eigenvalue weighted by Crippen LogP contribution is -2.50. The van der Waals surface area contributed by atoms with Crippen LogP contribution in [0.5, 0.6) is 0 Å². The maximum atomic E-state index is 12.8. The van der Waals surface area contributed by atoms with Crippen LogP contribution < -0.4 is 11.1 Å². The molecule has 29 heavy (non-hydrogen) atoms. The zero-order chi connectivity index (χ0) is 21.0. The summed E-state index contributed by atoms with van der Waals surface area (Å²) < 4.78 is 37.9.